The van der Waals surface area contributed by atoms with Gasteiger partial charge in [0.05, 0.1) is 5.16 Å². The molecule has 1 atom stereocenters. The van der Waals surface area contributed by atoms with Crippen molar-refractivity contribution in [2.75, 3.05) is 0 Å². The van der Waals surface area contributed by atoms with Gasteiger partial charge >= 0.3 is 7.52 Å². The van der Waals surface area contributed by atoms with Gasteiger partial charge in [-0.3, -0.25) is 6.20 Å². The molecular formula is C9H16N2O2PWY-. The summed E-state index contributed by atoms with van der Waals surface area (Å²) in [5.74, 6) is 0. The van der Waals surface area contributed by atoms with Crippen molar-refractivity contribution in [3.05, 3.63) is 18.2 Å². The van der Waals surface area contributed by atoms with Crippen LogP contribution in [0, 0.1) is 19.4 Å². The van der Waals surface area contributed by atoms with Crippen molar-refractivity contribution < 1.29 is 67.8 Å². The van der Waals surface area contributed by atoms with Crippen molar-refractivity contribution in [2.45, 2.75) is 32.9 Å². The molecule has 1 heterocycles. The number of rotatable bonds is 1. The quantitative estimate of drug-likeness (QED) is 0.366. The van der Waals surface area contributed by atoms with Gasteiger partial charge in [-0.1, -0.05) is 5.69 Å². The van der Waals surface area contributed by atoms with Gasteiger partial charge in [-0.05, 0) is 27.7 Å². The zero-order valence-electron chi connectivity index (χ0n) is 10.2. The van der Waals surface area contributed by atoms with E-state index < -0.39 is 12.7 Å². The Hall–Kier alpha value is 1.19. The monoisotopic (exact) mass is 488 g/mol. The Kier molecular flexibility index (Phi) is 7.79. The van der Waals surface area contributed by atoms with Crippen LogP contribution < -0.4 is 4.57 Å². The molecule has 0 aromatic carbocycles. The van der Waals surface area contributed by atoms with E-state index in [1.807, 2.05) is 6.92 Å². The summed E-state index contributed by atoms with van der Waals surface area (Å²) < 4.78 is 14.9. The van der Waals surface area contributed by atoms with Crippen molar-refractivity contribution in [1.82, 2.24) is 4.34 Å². The van der Waals surface area contributed by atoms with E-state index in [2.05, 4.69) is 12.5 Å². The molecule has 0 spiro atoms. The molecule has 0 bridgehead atoms. The largest absolute Gasteiger partial charge is 0.517 e. The first-order chi connectivity index (χ1) is 6.16. The van der Waals surface area contributed by atoms with E-state index in [9.17, 15) is 9.46 Å². The van der Waals surface area contributed by atoms with Crippen LogP contribution in [0.25, 0.3) is 0 Å². The van der Waals surface area contributed by atoms with Gasteiger partial charge in [-0.15, -0.1) is 6.33 Å². The van der Waals surface area contributed by atoms with E-state index in [0.717, 1.165) is 5.69 Å². The van der Waals surface area contributed by atoms with Crippen LogP contribution in [0.5, 0.6) is 0 Å². The van der Waals surface area contributed by atoms with E-state index >= 15 is 0 Å². The second-order valence-corrected chi connectivity index (χ2v) is 7.21. The molecule has 0 fully saturated rings. The summed E-state index contributed by atoms with van der Waals surface area (Å²) in [5.41, 5.74) is 0.781. The predicted molar refractivity (Wildman–Crippen MR) is 53.0 cm³/mol. The predicted octanol–water partition coefficient (Wildman–Crippen LogP) is 1.05. The van der Waals surface area contributed by atoms with Crippen LogP contribution in [0.3, 0.4) is 0 Å². The minimum absolute atomic E-state index is 0. The Morgan fingerprint density at radius 3 is 2.12 bits per heavy atom. The van der Waals surface area contributed by atoms with Crippen LogP contribution in [0.2, 0.25) is 0 Å². The Bertz CT molecular complexity index is 381. The van der Waals surface area contributed by atoms with Crippen molar-refractivity contribution in [1.29, 1.82) is 0 Å². The molecule has 1 unspecified atom stereocenters. The van der Waals surface area contributed by atoms with Crippen LogP contribution >= 0.6 is 7.52 Å². The molecule has 16 heavy (non-hydrogen) atoms. The molecule has 1 aromatic heterocycles. The summed E-state index contributed by atoms with van der Waals surface area (Å²) in [5, 5.41) is -0.696. The molecule has 0 saturated carbocycles. The molecule has 1 aromatic rings. The van der Waals surface area contributed by atoms with Gasteiger partial charge in [0.2, 0.25) is 0 Å². The fourth-order valence-electron chi connectivity index (χ4n) is 0.899. The van der Waals surface area contributed by atoms with Crippen molar-refractivity contribution in [3.8, 4) is 0 Å². The number of imidazole rings is 1. The molecule has 0 aliphatic carbocycles. The van der Waals surface area contributed by atoms with Crippen molar-refractivity contribution in [2.24, 2.45) is 7.05 Å². The molecule has 4 nitrogen and oxygen atoms in total. The molecular weight excluding hydrogens is 472 g/mol. The van der Waals surface area contributed by atoms with Crippen LogP contribution in [0.4, 0.5) is 0 Å². The third-order valence-corrected chi connectivity index (χ3v) is 4.64. The third-order valence-electron chi connectivity index (χ3n) is 2.16. The third kappa shape index (κ3) is 3.85. The van der Waals surface area contributed by atoms with E-state index in [1.165, 1.54) is 4.34 Å². The first kappa shape index (κ1) is 19.5. The Balaban J connectivity index is 0. The van der Waals surface area contributed by atoms with Crippen molar-refractivity contribution >= 4 is 7.52 Å². The summed E-state index contributed by atoms with van der Waals surface area (Å²) in [6.45, 7) is 7.00. The first-order valence-electron chi connectivity index (χ1n) is 4.40. The summed E-state index contributed by atoms with van der Waals surface area (Å²) in [7, 11) is -1.68. The fraction of sp³-hybridized carbons (Fsp3) is 0.667. The maximum atomic E-state index is 12.0. The minimum Gasteiger partial charge on any atom is -0.517 e. The standard InChI is InChI=1S/C9H16N2O2P.W.Y/c1-8-6-11(7-10(8)5)14(12,13)9(2,3)4;;/h1-5H3,(H,12,13);;/q-1;;. The second kappa shape index (κ2) is 6.39. The van der Waals surface area contributed by atoms with E-state index in [-0.39, 0.29) is 53.8 Å². The Morgan fingerprint density at radius 1 is 1.44 bits per heavy atom. The van der Waals surface area contributed by atoms with Crippen LogP contribution in [0.1, 0.15) is 26.5 Å². The maximum Gasteiger partial charge on any atom is 0.321 e. The number of nitrogens with zero attached hydrogens (tertiary/aromatic N) is 2. The molecule has 0 aliphatic rings. The average molecular weight is 488 g/mol. The summed E-state index contributed by atoms with van der Waals surface area (Å²) in [6, 6.07) is 0. The molecule has 1 rings (SSSR count). The molecule has 89 valence electrons. The second-order valence-electron chi connectivity index (χ2n) is 4.38. The normalized spacial score (nSPS) is 14.6. The number of aromatic nitrogens is 2. The first-order valence-corrected chi connectivity index (χ1v) is 6.01. The van der Waals surface area contributed by atoms with Gasteiger partial charge in [0.25, 0.3) is 0 Å². The summed E-state index contributed by atoms with van der Waals surface area (Å²) >= 11 is 0. The maximum absolute atomic E-state index is 12.0. The smallest absolute Gasteiger partial charge is 0.321 e. The fourth-order valence-corrected chi connectivity index (χ4v) is 2.03. The topological polar surface area (TPSA) is 46.1 Å². The minimum atomic E-state index is -3.45. The summed E-state index contributed by atoms with van der Waals surface area (Å²) in [4.78, 5) is 9.90. The molecule has 1 radical (unpaired) electrons. The summed E-state index contributed by atoms with van der Waals surface area (Å²) in [6.07, 6.45) is 5.56. The van der Waals surface area contributed by atoms with E-state index in [1.54, 1.807) is 32.4 Å². The van der Waals surface area contributed by atoms with Crippen LogP contribution in [-0.2, 0) is 65.4 Å². The van der Waals surface area contributed by atoms with Gasteiger partial charge in [-0.2, -0.15) is 0 Å². The van der Waals surface area contributed by atoms with Crippen LogP contribution in [-0.4, -0.2) is 14.4 Å². The SMILES string of the molecule is Cc1[c-]n(P(=O)(O)C(C)(C)C)[c-][n+]1C.[W].[Y]. The van der Waals surface area contributed by atoms with Gasteiger partial charge in [0.1, 0.15) is 0 Å². The van der Waals surface area contributed by atoms with E-state index in [0.29, 0.717) is 0 Å². The van der Waals surface area contributed by atoms with Gasteiger partial charge in [0, 0.05) is 60.8 Å². The number of hydrogen-bond acceptors (Lipinski definition) is 1. The molecule has 1 N–H and O–H groups in total. The zero-order chi connectivity index (χ0) is 11.1. The van der Waals surface area contributed by atoms with Gasteiger partial charge in [-0.25, -0.2) is 4.57 Å². The van der Waals surface area contributed by atoms with Gasteiger partial charge < -0.3 is 13.8 Å². The molecule has 0 aliphatic heterocycles. The van der Waals surface area contributed by atoms with Crippen LogP contribution in [0.15, 0.2) is 0 Å². The molecule has 0 amide bonds. The van der Waals surface area contributed by atoms with Crippen molar-refractivity contribution in [3.63, 3.8) is 0 Å². The average Bonchev–Trinajstić information content (AvgIpc) is 2.30. The molecule has 7 heteroatoms. The van der Waals surface area contributed by atoms with Gasteiger partial charge in [0.15, 0.2) is 0 Å². The number of hydrogen-bond donors (Lipinski definition) is 1. The zero-order valence-corrected chi connectivity index (χ0v) is 16.8. The van der Waals surface area contributed by atoms with E-state index in [4.69, 9.17) is 0 Å². The molecule has 0 saturated heterocycles. The Morgan fingerprint density at radius 2 is 1.88 bits per heavy atom. The number of aryl methyl sites for hydroxylation is 2. The Labute approximate surface area is 136 Å².